The minimum Gasteiger partial charge on any atom is -0.459 e. The van der Waals surface area contributed by atoms with Crippen LogP contribution in [0.15, 0.2) is 101 Å². The van der Waals surface area contributed by atoms with E-state index >= 15 is 0 Å². The summed E-state index contributed by atoms with van der Waals surface area (Å²) in [6.07, 6.45) is 1.40. The molecule has 0 aliphatic heterocycles. The number of anilines is 3. The SMILES string of the molecule is O=C(Nc1ccc(NC(=O)c2ccco2)cc1)c1ccc(S(=O)(=O)Nc2ccc(F)cc2)cc1. The molecule has 0 bridgehead atoms. The molecule has 2 amide bonds. The molecule has 0 aliphatic carbocycles. The van der Waals surface area contributed by atoms with E-state index in [4.69, 9.17) is 4.42 Å². The fraction of sp³-hybridized carbons (Fsp3) is 0. The minimum atomic E-state index is -3.90. The van der Waals surface area contributed by atoms with Gasteiger partial charge in [-0.1, -0.05) is 0 Å². The van der Waals surface area contributed by atoms with E-state index in [1.54, 1.807) is 36.4 Å². The summed E-state index contributed by atoms with van der Waals surface area (Å²) in [5.41, 5.74) is 1.46. The third-order valence-electron chi connectivity index (χ3n) is 4.67. The summed E-state index contributed by atoms with van der Waals surface area (Å²) in [5.74, 6) is -1.14. The average molecular weight is 479 g/mol. The molecule has 0 saturated carbocycles. The Morgan fingerprint density at radius 1 is 0.706 bits per heavy atom. The van der Waals surface area contributed by atoms with Gasteiger partial charge in [0, 0.05) is 22.6 Å². The number of furan rings is 1. The summed E-state index contributed by atoms with van der Waals surface area (Å²) in [4.78, 5) is 24.5. The second kappa shape index (κ2) is 9.59. The van der Waals surface area contributed by atoms with Crippen molar-refractivity contribution in [1.82, 2.24) is 0 Å². The van der Waals surface area contributed by atoms with E-state index in [2.05, 4.69) is 15.4 Å². The second-order valence-electron chi connectivity index (χ2n) is 7.10. The first-order chi connectivity index (χ1) is 16.3. The molecule has 10 heteroatoms. The molecular weight excluding hydrogens is 461 g/mol. The average Bonchev–Trinajstić information content (AvgIpc) is 3.37. The molecule has 34 heavy (non-hydrogen) atoms. The van der Waals surface area contributed by atoms with Crippen molar-refractivity contribution in [2.24, 2.45) is 0 Å². The van der Waals surface area contributed by atoms with Crippen LogP contribution in [0.4, 0.5) is 21.5 Å². The van der Waals surface area contributed by atoms with Crippen LogP contribution < -0.4 is 15.4 Å². The Hall–Kier alpha value is -4.44. The third-order valence-corrected chi connectivity index (χ3v) is 6.07. The van der Waals surface area contributed by atoms with E-state index in [0.29, 0.717) is 11.4 Å². The maximum atomic E-state index is 13.0. The van der Waals surface area contributed by atoms with E-state index in [1.807, 2.05) is 0 Å². The lowest BCUT2D eigenvalue weighted by Crippen LogP contribution is -2.15. The zero-order valence-corrected chi connectivity index (χ0v) is 18.3. The molecule has 0 atom stereocenters. The Morgan fingerprint density at radius 3 is 1.82 bits per heavy atom. The highest BCUT2D eigenvalue weighted by Gasteiger charge is 2.16. The highest BCUT2D eigenvalue weighted by molar-refractivity contribution is 7.92. The Labute approximate surface area is 194 Å². The fourth-order valence-corrected chi connectivity index (χ4v) is 4.02. The van der Waals surface area contributed by atoms with Gasteiger partial charge in [-0.15, -0.1) is 0 Å². The number of hydrogen-bond acceptors (Lipinski definition) is 5. The lowest BCUT2D eigenvalue weighted by atomic mass is 10.2. The molecule has 3 aromatic carbocycles. The van der Waals surface area contributed by atoms with Crippen LogP contribution in [0.1, 0.15) is 20.9 Å². The molecule has 8 nitrogen and oxygen atoms in total. The zero-order valence-electron chi connectivity index (χ0n) is 17.5. The van der Waals surface area contributed by atoms with Crippen LogP contribution in [0.25, 0.3) is 0 Å². The standard InChI is InChI=1S/C24H18FN3O5S/c25-17-5-7-20(8-6-17)28-34(31,32)21-13-3-16(4-14-21)23(29)26-18-9-11-19(12-10-18)27-24(30)22-2-1-15-33-22/h1-15,28H,(H,26,29)(H,27,30). The van der Waals surface area contributed by atoms with Crippen molar-refractivity contribution in [3.05, 3.63) is 108 Å². The first-order valence-corrected chi connectivity index (χ1v) is 11.4. The summed E-state index contributed by atoms with van der Waals surface area (Å²) in [5, 5.41) is 5.37. The Kier molecular flexibility index (Phi) is 6.42. The van der Waals surface area contributed by atoms with Crippen molar-refractivity contribution in [3.8, 4) is 0 Å². The second-order valence-corrected chi connectivity index (χ2v) is 8.78. The number of hydrogen-bond donors (Lipinski definition) is 3. The Morgan fingerprint density at radius 2 is 1.26 bits per heavy atom. The van der Waals surface area contributed by atoms with Gasteiger partial charge in [-0.05, 0) is 84.9 Å². The first-order valence-electron chi connectivity index (χ1n) is 9.95. The van der Waals surface area contributed by atoms with Gasteiger partial charge in [0.2, 0.25) is 0 Å². The molecule has 172 valence electrons. The van der Waals surface area contributed by atoms with Crippen molar-refractivity contribution >= 4 is 38.9 Å². The quantitative estimate of drug-likeness (QED) is 0.354. The van der Waals surface area contributed by atoms with Gasteiger partial charge in [0.1, 0.15) is 5.82 Å². The van der Waals surface area contributed by atoms with Gasteiger partial charge in [0.15, 0.2) is 5.76 Å². The smallest absolute Gasteiger partial charge is 0.291 e. The number of rotatable bonds is 7. The number of nitrogens with one attached hydrogen (secondary N) is 3. The minimum absolute atomic E-state index is 0.0509. The van der Waals surface area contributed by atoms with Crippen LogP contribution in [-0.2, 0) is 10.0 Å². The van der Waals surface area contributed by atoms with E-state index in [9.17, 15) is 22.4 Å². The van der Waals surface area contributed by atoms with E-state index < -0.39 is 27.7 Å². The molecule has 0 saturated heterocycles. The van der Waals surface area contributed by atoms with Crippen LogP contribution in [0.5, 0.6) is 0 Å². The predicted octanol–water partition coefficient (Wildman–Crippen LogP) is 4.72. The summed E-state index contributed by atoms with van der Waals surface area (Å²) < 4.78 is 45.4. The fourth-order valence-electron chi connectivity index (χ4n) is 2.96. The van der Waals surface area contributed by atoms with Crippen molar-refractivity contribution < 1.29 is 26.8 Å². The van der Waals surface area contributed by atoms with Crippen molar-refractivity contribution in [2.45, 2.75) is 4.90 Å². The molecule has 4 aromatic rings. The molecule has 0 spiro atoms. The third kappa shape index (κ3) is 5.48. The molecule has 0 aliphatic rings. The maximum Gasteiger partial charge on any atom is 0.291 e. The zero-order chi connectivity index (χ0) is 24.1. The lowest BCUT2D eigenvalue weighted by molar-refractivity contribution is 0.0994. The van der Waals surface area contributed by atoms with Gasteiger partial charge in [-0.2, -0.15) is 0 Å². The molecule has 0 radical (unpaired) electrons. The van der Waals surface area contributed by atoms with Gasteiger partial charge in [-0.25, -0.2) is 12.8 Å². The summed E-state index contributed by atoms with van der Waals surface area (Å²) in [6, 6.07) is 19.9. The first kappa shape index (κ1) is 22.7. The van der Waals surface area contributed by atoms with Crippen molar-refractivity contribution in [1.29, 1.82) is 0 Å². The Balaban J connectivity index is 1.37. The molecule has 1 aromatic heterocycles. The highest BCUT2D eigenvalue weighted by atomic mass is 32.2. The molecule has 4 rings (SSSR count). The number of carbonyl (C=O) groups is 2. The molecule has 0 fully saturated rings. The number of amides is 2. The number of halogens is 1. The predicted molar refractivity (Wildman–Crippen MR) is 125 cm³/mol. The highest BCUT2D eigenvalue weighted by Crippen LogP contribution is 2.19. The topological polar surface area (TPSA) is 118 Å². The van der Waals surface area contributed by atoms with E-state index in [0.717, 1.165) is 12.1 Å². The van der Waals surface area contributed by atoms with Crippen LogP contribution in [0.2, 0.25) is 0 Å². The van der Waals surface area contributed by atoms with E-state index in [1.165, 1.54) is 42.7 Å². The van der Waals surface area contributed by atoms with Gasteiger partial charge in [-0.3, -0.25) is 14.3 Å². The summed E-state index contributed by atoms with van der Waals surface area (Å²) in [6.45, 7) is 0. The van der Waals surface area contributed by atoms with Crippen molar-refractivity contribution in [2.75, 3.05) is 15.4 Å². The van der Waals surface area contributed by atoms with Gasteiger partial charge in [0.25, 0.3) is 21.8 Å². The Bertz CT molecular complexity index is 1400. The summed E-state index contributed by atoms with van der Waals surface area (Å²) >= 11 is 0. The maximum absolute atomic E-state index is 13.0. The monoisotopic (exact) mass is 479 g/mol. The van der Waals surface area contributed by atoms with Crippen molar-refractivity contribution in [3.63, 3.8) is 0 Å². The lowest BCUT2D eigenvalue weighted by Gasteiger charge is -2.10. The molecule has 0 unspecified atom stereocenters. The summed E-state index contributed by atoms with van der Waals surface area (Å²) in [7, 11) is -3.90. The normalized spacial score (nSPS) is 11.0. The van der Waals surface area contributed by atoms with Gasteiger partial charge >= 0.3 is 0 Å². The molecule has 1 heterocycles. The van der Waals surface area contributed by atoms with Gasteiger partial charge in [0.05, 0.1) is 11.2 Å². The molecular formula is C24H18FN3O5S. The van der Waals surface area contributed by atoms with Crippen LogP contribution in [-0.4, -0.2) is 20.2 Å². The largest absolute Gasteiger partial charge is 0.459 e. The number of benzene rings is 3. The molecule has 3 N–H and O–H groups in total. The van der Waals surface area contributed by atoms with Crippen LogP contribution in [0.3, 0.4) is 0 Å². The van der Waals surface area contributed by atoms with Crippen LogP contribution in [0, 0.1) is 5.82 Å². The van der Waals surface area contributed by atoms with Gasteiger partial charge < -0.3 is 15.1 Å². The number of carbonyl (C=O) groups excluding carboxylic acids is 2. The van der Waals surface area contributed by atoms with Crippen LogP contribution >= 0.6 is 0 Å². The number of sulfonamides is 1. The van der Waals surface area contributed by atoms with E-state index in [-0.39, 0.29) is 21.9 Å².